The second kappa shape index (κ2) is 10.1. The predicted molar refractivity (Wildman–Crippen MR) is 154 cm³/mol. The molecule has 5 aliphatic rings. The summed E-state index contributed by atoms with van der Waals surface area (Å²) in [6, 6.07) is 8.77. The highest BCUT2D eigenvalue weighted by molar-refractivity contribution is 5.97. The van der Waals surface area contributed by atoms with Crippen LogP contribution in [0, 0.1) is 40.4 Å². The summed E-state index contributed by atoms with van der Waals surface area (Å²) < 4.78 is 40.3. The van der Waals surface area contributed by atoms with Crippen molar-refractivity contribution in [3.8, 4) is 11.8 Å². The van der Waals surface area contributed by atoms with Crippen LogP contribution < -0.4 is 4.90 Å². The van der Waals surface area contributed by atoms with E-state index in [0.717, 1.165) is 31.5 Å². The average Bonchev–Trinajstić information content (AvgIpc) is 3.58. The number of hydrogen-bond acceptors (Lipinski definition) is 4. The van der Waals surface area contributed by atoms with Gasteiger partial charge in [-0.15, -0.1) is 0 Å². The maximum absolute atomic E-state index is 13.4. The number of alkyl halides is 3. The molecule has 6 rings (SSSR count). The SMILES string of the molecule is CC(=O)[C@@]1(C#CC(F)(F)F)CC[C@H]2[C@@H]3CC(C)C4=CC(=NO)CCC4=C3[C@@H](c3ccc(N4CCCC4)cc3)C[C@@]21C. The number of benzene rings is 1. The highest BCUT2D eigenvalue weighted by Gasteiger charge is 2.65. The van der Waals surface area contributed by atoms with E-state index in [1.54, 1.807) is 5.92 Å². The quantitative estimate of drug-likeness (QED) is 0.231. The van der Waals surface area contributed by atoms with Crippen LogP contribution in [0.5, 0.6) is 0 Å². The maximum atomic E-state index is 13.4. The van der Waals surface area contributed by atoms with E-state index in [1.807, 2.05) is 6.08 Å². The topological polar surface area (TPSA) is 52.9 Å². The van der Waals surface area contributed by atoms with Crippen molar-refractivity contribution in [1.82, 2.24) is 0 Å². The normalized spacial score (nSPS) is 35.8. The number of hydrogen-bond donors (Lipinski definition) is 1. The molecule has 6 atom stereocenters. The number of rotatable bonds is 3. The Hall–Kier alpha value is -3.01. The third kappa shape index (κ3) is 4.53. The Balaban J connectivity index is 1.51. The number of carbonyl (C=O) groups is 1. The van der Waals surface area contributed by atoms with Gasteiger partial charge in [0.05, 0.1) is 11.1 Å². The molecular weight excluding hydrogens is 525 g/mol. The van der Waals surface area contributed by atoms with E-state index in [1.165, 1.54) is 42.2 Å². The number of oxime groups is 1. The largest absolute Gasteiger partial charge is 0.457 e. The van der Waals surface area contributed by atoms with Gasteiger partial charge in [0.2, 0.25) is 0 Å². The first-order valence-electron chi connectivity index (χ1n) is 15.1. The maximum Gasteiger partial charge on any atom is 0.457 e. The van der Waals surface area contributed by atoms with Gasteiger partial charge in [-0.3, -0.25) is 4.79 Å². The number of Topliss-reactive ketones (excluding diaryl/α,β-unsaturated/α-hetero) is 1. The van der Waals surface area contributed by atoms with Crippen molar-refractivity contribution in [2.24, 2.45) is 33.7 Å². The van der Waals surface area contributed by atoms with Crippen LogP contribution in [0.4, 0.5) is 18.9 Å². The van der Waals surface area contributed by atoms with E-state index < -0.39 is 17.0 Å². The lowest BCUT2D eigenvalue weighted by Gasteiger charge is -2.55. The van der Waals surface area contributed by atoms with E-state index in [9.17, 15) is 23.2 Å². The first-order valence-corrected chi connectivity index (χ1v) is 15.1. The third-order valence-corrected chi connectivity index (χ3v) is 11.2. The molecule has 1 N–H and O–H groups in total. The fraction of sp³-hybridized carbons (Fsp3) is 0.588. The molecule has 0 amide bonds. The summed E-state index contributed by atoms with van der Waals surface area (Å²) in [5.41, 5.74) is 5.01. The van der Waals surface area contributed by atoms with Crippen molar-refractivity contribution in [3.63, 3.8) is 0 Å². The first kappa shape index (κ1) is 28.1. The highest BCUT2D eigenvalue weighted by Crippen LogP contribution is 2.70. The number of ketones is 1. The molecule has 4 aliphatic carbocycles. The first-order chi connectivity index (χ1) is 19.5. The van der Waals surface area contributed by atoms with Crippen molar-refractivity contribution >= 4 is 17.2 Å². The van der Waals surface area contributed by atoms with Gasteiger partial charge in [-0.05, 0) is 116 Å². The molecule has 7 heteroatoms. The molecule has 0 radical (unpaired) electrons. The lowest BCUT2D eigenvalue weighted by molar-refractivity contribution is -0.130. The third-order valence-electron chi connectivity index (χ3n) is 11.2. The van der Waals surface area contributed by atoms with Crippen LogP contribution in [0.3, 0.4) is 0 Å². The summed E-state index contributed by atoms with van der Waals surface area (Å²) in [6.45, 7) is 7.80. The van der Waals surface area contributed by atoms with Crippen molar-refractivity contribution < 1.29 is 23.2 Å². The summed E-state index contributed by atoms with van der Waals surface area (Å²) >= 11 is 0. The van der Waals surface area contributed by atoms with Crippen molar-refractivity contribution in [2.75, 3.05) is 18.0 Å². The molecule has 0 bridgehead atoms. The van der Waals surface area contributed by atoms with Gasteiger partial charge in [0.15, 0.2) is 0 Å². The van der Waals surface area contributed by atoms with Gasteiger partial charge in [0, 0.05) is 30.6 Å². The van der Waals surface area contributed by atoms with Crippen LogP contribution in [0.2, 0.25) is 0 Å². The Labute approximate surface area is 240 Å². The van der Waals surface area contributed by atoms with E-state index in [4.69, 9.17) is 0 Å². The minimum atomic E-state index is -4.64. The molecule has 0 spiro atoms. The predicted octanol–water partition coefficient (Wildman–Crippen LogP) is 7.83. The molecule has 4 nitrogen and oxygen atoms in total. The zero-order valence-electron chi connectivity index (χ0n) is 24.2. The standard InChI is InChI=1S/C34H39F3N2O2/c1-21-18-28-30-12-13-33(22(2)40,14-15-34(35,36)37)32(30,3)20-29(31(28)26-11-8-24(38-41)19-27(21)26)23-6-9-25(10-7-23)39-16-4-5-17-39/h6-7,9-10,19,21,28-30,41H,4-5,8,11-13,16-18,20H2,1-3H3/t21?,28-,29+,30-,32-,33-/m0/s1. The number of allylic oxidation sites excluding steroid dienone is 4. The van der Waals surface area contributed by atoms with Gasteiger partial charge in [-0.2, -0.15) is 13.2 Å². The second-order valence-corrected chi connectivity index (χ2v) is 13.2. The lowest BCUT2D eigenvalue weighted by Crippen LogP contribution is -2.50. The molecule has 1 aromatic rings. The zero-order valence-corrected chi connectivity index (χ0v) is 24.2. The molecule has 3 fully saturated rings. The summed E-state index contributed by atoms with van der Waals surface area (Å²) in [7, 11) is 0. The Kier molecular flexibility index (Phi) is 6.91. The number of fused-ring (bicyclic) bond motifs is 4. The molecule has 2 saturated carbocycles. The Morgan fingerprint density at radius 3 is 2.49 bits per heavy atom. The van der Waals surface area contributed by atoms with Crippen LogP contribution >= 0.6 is 0 Å². The van der Waals surface area contributed by atoms with Gasteiger partial charge in [-0.1, -0.05) is 42.6 Å². The second-order valence-electron chi connectivity index (χ2n) is 13.2. The summed E-state index contributed by atoms with van der Waals surface area (Å²) in [5.74, 6) is 4.32. The monoisotopic (exact) mass is 564 g/mol. The number of carbonyl (C=O) groups excluding carboxylic acids is 1. The molecule has 41 heavy (non-hydrogen) atoms. The smallest absolute Gasteiger partial charge is 0.411 e. The van der Waals surface area contributed by atoms with E-state index in [0.29, 0.717) is 31.4 Å². The minimum Gasteiger partial charge on any atom is -0.411 e. The Morgan fingerprint density at radius 2 is 1.85 bits per heavy atom. The van der Waals surface area contributed by atoms with Crippen molar-refractivity contribution in [3.05, 3.63) is 52.6 Å². The van der Waals surface area contributed by atoms with Gasteiger partial charge in [0.1, 0.15) is 5.78 Å². The summed E-state index contributed by atoms with van der Waals surface area (Å²) in [6.07, 6.45) is 3.76. The molecule has 1 heterocycles. The number of nitrogens with zero attached hydrogens (tertiary/aromatic N) is 2. The molecular formula is C34H39F3N2O2. The number of anilines is 1. The minimum absolute atomic E-state index is 0.0168. The summed E-state index contributed by atoms with van der Waals surface area (Å²) in [4.78, 5) is 15.8. The van der Waals surface area contributed by atoms with Crippen molar-refractivity contribution in [2.45, 2.75) is 84.2 Å². The van der Waals surface area contributed by atoms with E-state index in [2.05, 4.69) is 54.1 Å². The summed E-state index contributed by atoms with van der Waals surface area (Å²) in [5, 5.41) is 13.0. The van der Waals surface area contributed by atoms with Crippen LogP contribution in [0.1, 0.15) is 83.6 Å². The molecule has 1 aliphatic heterocycles. The van der Waals surface area contributed by atoms with E-state index in [-0.39, 0.29) is 29.5 Å². The Morgan fingerprint density at radius 1 is 1.15 bits per heavy atom. The molecule has 218 valence electrons. The van der Waals surface area contributed by atoms with Crippen LogP contribution in [0.25, 0.3) is 0 Å². The van der Waals surface area contributed by atoms with Crippen LogP contribution in [-0.4, -0.2) is 36.0 Å². The molecule has 1 saturated heterocycles. The van der Waals surface area contributed by atoms with Gasteiger partial charge >= 0.3 is 6.18 Å². The Bertz CT molecular complexity index is 1390. The van der Waals surface area contributed by atoms with Crippen LogP contribution in [0.15, 0.2) is 52.2 Å². The molecule has 1 aromatic carbocycles. The molecule has 1 unspecified atom stereocenters. The van der Waals surface area contributed by atoms with Gasteiger partial charge in [-0.25, -0.2) is 0 Å². The lowest BCUT2D eigenvalue weighted by atomic mass is 9.47. The van der Waals surface area contributed by atoms with Crippen LogP contribution in [-0.2, 0) is 4.79 Å². The number of halogens is 3. The average molecular weight is 565 g/mol. The van der Waals surface area contributed by atoms with E-state index >= 15 is 0 Å². The highest BCUT2D eigenvalue weighted by atomic mass is 19.4. The van der Waals surface area contributed by atoms with Gasteiger partial charge < -0.3 is 10.1 Å². The van der Waals surface area contributed by atoms with Gasteiger partial charge in [0.25, 0.3) is 0 Å². The fourth-order valence-electron chi connectivity index (χ4n) is 9.31. The van der Waals surface area contributed by atoms with Crippen molar-refractivity contribution in [1.29, 1.82) is 0 Å². The molecule has 0 aromatic heterocycles. The zero-order chi connectivity index (χ0) is 29.2. The fourth-order valence-corrected chi connectivity index (χ4v) is 9.31.